The molecule has 4 rings (SSSR count). The fourth-order valence-electron chi connectivity index (χ4n) is 3.26. The Kier molecular flexibility index (Phi) is 4.45. The Balaban J connectivity index is 2.13. The van der Waals surface area contributed by atoms with E-state index in [1.54, 1.807) is 42.7 Å². The maximum atomic E-state index is 12.9. The predicted octanol–water partition coefficient (Wildman–Crippen LogP) is 4.22. The largest absolute Gasteiger partial charge is 0.399 e. The van der Waals surface area contributed by atoms with Crippen molar-refractivity contribution < 1.29 is 0 Å². The van der Waals surface area contributed by atoms with Gasteiger partial charge in [0.25, 0.3) is 5.56 Å². The third kappa shape index (κ3) is 3.04. The molecule has 0 saturated carbocycles. The van der Waals surface area contributed by atoms with Crippen LogP contribution in [-0.4, -0.2) is 9.97 Å². The zero-order valence-electron chi connectivity index (χ0n) is 14.9. The number of nitrogens with two attached hydrogens (primary N) is 1. The Morgan fingerprint density at radius 2 is 1.64 bits per heavy atom. The molecule has 0 fully saturated rings. The van der Waals surface area contributed by atoms with E-state index in [-0.39, 0.29) is 5.56 Å². The minimum atomic E-state index is -0.269. The van der Waals surface area contributed by atoms with Gasteiger partial charge in [-0.05, 0) is 35.9 Å². The molecule has 2 aromatic carbocycles. The number of benzene rings is 2. The molecule has 0 saturated heterocycles. The first kappa shape index (κ1) is 17.3. The lowest BCUT2D eigenvalue weighted by atomic mass is 9.89. The SMILES string of the molecule is N#Cc1ccccc1-c1c(-c2ccc(N)cc2)c(-c2ccccn2)c[nH]c1=O. The van der Waals surface area contributed by atoms with Crippen molar-refractivity contribution >= 4 is 5.69 Å². The van der Waals surface area contributed by atoms with Gasteiger partial charge in [-0.1, -0.05) is 36.4 Å². The highest BCUT2D eigenvalue weighted by Gasteiger charge is 2.20. The van der Waals surface area contributed by atoms with Gasteiger partial charge in [0.15, 0.2) is 0 Å². The van der Waals surface area contributed by atoms with Crippen LogP contribution in [0.15, 0.2) is 83.9 Å². The Bertz CT molecular complexity index is 1240. The van der Waals surface area contributed by atoms with Crippen LogP contribution in [0.1, 0.15) is 5.56 Å². The number of nitrogens with zero attached hydrogens (tertiary/aromatic N) is 2. The van der Waals surface area contributed by atoms with Crippen LogP contribution in [0.25, 0.3) is 33.5 Å². The standard InChI is InChI=1S/C23H16N4O/c24-13-16-5-1-2-6-18(16)22-21(15-8-10-17(25)11-9-15)19(14-27-23(22)28)20-7-3-4-12-26-20/h1-12,14H,25H2,(H,27,28). The van der Waals surface area contributed by atoms with Gasteiger partial charge < -0.3 is 10.7 Å². The molecule has 28 heavy (non-hydrogen) atoms. The number of nitriles is 1. The molecule has 0 aliphatic carbocycles. The van der Waals surface area contributed by atoms with Crippen molar-refractivity contribution in [3.8, 4) is 39.6 Å². The summed E-state index contributed by atoms with van der Waals surface area (Å²) in [4.78, 5) is 20.2. The van der Waals surface area contributed by atoms with E-state index in [0.717, 1.165) is 16.8 Å². The Morgan fingerprint density at radius 3 is 2.36 bits per heavy atom. The maximum absolute atomic E-state index is 12.9. The van der Waals surface area contributed by atoms with Crippen LogP contribution in [-0.2, 0) is 0 Å². The van der Waals surface area contributed by atoms with E-state index in [2.05, 4.69) is 16.0 Å². The summed E-state index contributed by atoms with van der Waals surface area (Å²) in [6.07, 6.45) is 3.37. The Morgan fingerprint density at radius 1 is 0.893 bits per heavy atom. The number of rotatable bonds is 3. The first-order chi connectivity index (χ1) is 13.7. The lowest BCUT2D eigenvalue weighted by molar-refractivity contribution is 1.22. The smallest absolute Gasteiger partial charge is 0.256 e. The second kappa shape index (κ2) is 7.22. The average Bonchev–Trinajstić information content (AvgIpc) is 2.75. The molecular formula is C23H16N4O. The first-order valence-electron chi connectivity index (χ1n) is 8.71. The van der Waals surface area contributed by atoms with Crippen LogP contribution in [0.2, 0.25) is 0 Å². The Labute approximate surface area is 161 Å². The molecule has 134 valence electrons. The van der Waals surface area contributed by atoms with Crippen LogP contribution >= 0.6 is 0 Å². The molecule has 0 aliphatic heterocycles. The zero-order valence-corrected chi connectivity index (χ0v) is 14.9. The van der Waals surface area contributed by atoms with E-state index < -0.39 is 0 Å². The molecule has 0 aliphatic rings. The molecule has 0 radical (unpaired) electrons. The van der Waals surface area contributed by atoms with Gasteiger partial charge in [-0.3, -0.25) is 9.78 Å². The summed E-state index contributed by atoms with van der Waals surface area (Å²) in [5.41, 5.74) is 10.7. The minimum Gasteiger partial charge on any atom is -0.399 e. The summed E-state index contributed by atoms with van der Waals surface area (Å²) in [5, 5.41) is 9.56. The maximum Gasteiger partial charge on any atom is 0.256 e. The molecule has 5 nitrogen and oxygen atoms in total. The van der Waals surface area contributed by atoms with Crippen LogP contribution in [0.5, 0.6) is 0 Å². The van der Waals surface area contributed by atoms with Crippen LogP contribution < -0.4 is 11.3 Å². The number of nitrogens with one attached hydrogen (secondary N) is 1. The van der Waals surface area contributed by atoms with Crippen molar-refractivity contribution in [1.82, 2.24) is 9.97 Å². The highest BCUT2D eigenvalue weighted by Crippen LogP contribution is 2.38. The van der Waals surface area contributed by atoms with Crippen molar-refractivity contribution in [3.63, 3.8) is 0 Å². The van der Waals surface area contributed by atoms with Crippen molar-refractivity contribution in [2.75, 3.05) is 5.73 Å². The number of hydrogen-bond acceptors (Lipinski definition) is 4. The van der Waals surface area contributed by atoms with Gasteiger partial charge in [0.2, 0.25) is 0 Å². The fourth-order valence-corrected chi connectivity index (χ4v) is 3.26. The van der Waals surface area contributed by atoms with E-state index in [9.17, 15) is 10.1 Å². The number of anilines is 1. The number of pyridine rings is 2. The van der Waals surface area contributed by atoms with Gasteiger partial charge >= 0.3 is 0 Å². The summed E-state index contributed by atoms with van der Waals surface area (Å²) in [7, 11) is 0. The summed E-state index contributed by atoms with van der Waals surface area (Å²) >= 11 is 0. The number of aromatic amines is 1. The van der Waals surface area contributed by atoms with Crippen LogP contribution in [0, 0.1) is 11.3 Å². The quantitative estimate of drug-likeness (QED) is 0.532. The van der Waals surface area contributed by atoms with Gasteiger partial charge in [-0.2, -0.15) is 5.26 Å². The summed E-state index contributed by atoms with van der Waals surface area (Å²) < 4.78 is 0. The number of nitrogen functional groups attached to an aromatic ring is 1. The Hall–Kier alpha value is -4.17. The van der Waals surface area contributed by atoms with Crippen molar-refractivity contribution in [2.24, 2.45) is 0 Å². The van der Waals surface area contributed by atoms with Gasteiger partial charge in [-0.15, -0.1) is 0 Å². The molecule has 0 spiro atoms. The molecule has 0 atom stereocenters. The van der Waals surface area contributed by atoms with Crippen LogP contribution in [0.3, 0.4) is 0 Å². The molecular weight excluding hydrogens is 348 g/mol. The number of aromatic nitrogens is 2. The summed E-state index contributed by atoms with van der Waals surface area (Å²) in [6.45, 7) is 0. The van der Waals surface area contributed by atoms with E-state index in [0.29, 0.717) is 27.9 Å². The van der Waals surface area contributed by atoms with Crippen LogP contribution in [0.4, 0.5) is 5.69 Å². The molecule has 2 aromatic heterocycles. The van der Waals surface area contributed by atoms with Gasteiger partial charge in [-0.25, -0.2) is 0 Å². The van der Waals surface area contributed by atoms with Gasteiger partial charge in [0, 0.05) is 34.8 Å². The van der Waals surface area contributed by atoms with Crippen molar-refractivity contribution in [2.45, 2.75) is 0 Å². The molecule has 3 N–H and O–H groups in total. The third-order valence-electron chi connectivity index (χ3n) is 4.55. The minimum absolute atomic E-state index is 0.269. The topological polar surface area (TPSA) is 95.6 Å². The van der Waals surface area contributed by atoms with E-state index in [4.69, 9.17) is 5.73 Å². The highest BCUT2D eigenvalue weighted by molar-refractivity contribution is 5.94. The molecule has 4 aromatic rings. The van der Waals surface area contributed by atoms with Crippen molar-refractivity contribution in [3.05, 3.63) is 95.0 Å². The summed E-state index contributed by atoms with van der Waals surface area (Å²) in [6, 6.07) is 22.2. The molecule has 2 heterocycles. The van der Waals surface area contributed by atoms with Gasteiger partial charge in [0.1, 0.15) is 0 Å². The first-order valence-corrected chi connectivity index (χ1v) is 8.71. The second-order valence-corrected chi connectivity index (χ2v) is 6.28. The summed E-state index contributed by atoms with van der Waals surface area (Å²) in [5.74, 6) is 0. The monoisotopic (exact) mass is 364 g/mol. The van der Waals surface area contributed by atoms with E-state index in [1.807, 2.05) is 36.4 Å². The normalized spacial score (nSPS) is 10.4. The highest BCUT2D eigenvalue weighted by atomic mass is 16.1. The van der Waals surface area contributed by atoms with E-state index >= 15 is 0 Å². The fraction of sp³-hybridized carbons (Fsp3) is 0. The third-order valence-corrected chi connectivity index (χ3v) is 4.55. The zero-order chi connectivity index (χ0) is 19.5. The lowest BCUT2D eigenvalue weighted by Crippen LogP contribution is -2.12. The molecule has 0 amide bonds. The average molecular weight is 364 g/mol. The van der Waals surface area contributed by atoms with Crippen molar-refractivity contribution in [1.29, 1.82) is 5.26 Å². The van der Waals surface area contributed by atoms with Gasteiger partial charge in [0.05, 0.1) is 22.9 Å². The number of H-pyrrole nitrogens is 1. The van der Waals surface area contributed by atoms with E-state index in [1.165, 1.54) is 0 Å². The number of hydrogen-bond donors (Lipinski definition) is 2. The lowest BCUT2D eigenvalue weighted by Gasteiger charge is -2.15. The predicted molar refractivity (Wildman–Crippen MR) is 110 cm³/mol. The molecule has 0 bridgehead atoms. The molecule has 5 heteroatoms. The molecule has 0 unspecified atom stereocenters. The second-order valence-electron chi connectivity index (χ2n) is 6.28.